The summed E-state index contributed by atoms with van der Waals surface area (Å²) in [6.45, 7) is 5.42. The molecule has 1 aliphatic heterocycles. The highest BCUT2D eigenvalue weighted by molar-refractivity contribution is 5.85. The Kier molecular flexibility index (Phi) is 5.13. The van der Waals surface area contributed by atoms with Gasteiger partial charge < -0.3 is 20.3 Å². The number of fused-ring (bicyclic) bond motifs is 2. The number of nitrogens with zero attached hydrogens (tertiary/aromatic N) is 2. The largest absolute Gasteiger partial charge is 0.377 e. The van der Waals surface area contributed by atoms with E-state index in [0.717, 1.165) is 13.0 Å². The standard InChI is InChI=1S/C18H30N4O2/c1-4-10-19-17(20-12-14(23)22(2)3)21-15-13-7-11-24-16(13)18(15)8-5-6-9-18/h4,13,15-16H,1,5-12H2,2-3H3,(H2,19,20,21). The number of rotatable bonds is 5. The summed E-state index contributed by atoms with van der Waals surface area (Å²) in [7, 11) is 3.50. The van der Waals surface area contributed by atoms with Crippen LogP contribution in [0.25, 0.3) is 0 Å². The highest BCUT2D eigenvalue weighted by Gasteiger charge is 2.65. The van der Waals surface area contributed by atoms with Crippen LogP contribution in [-0.4, -0.2) is 62.7 Å². The van der Waals surface area contributed by atoms with Gasteiger partial charge >= 0.3 is 0 Å². The summed E-state index contributed by atoms with van der Waals surface area (Å²) in [5.41, 5.74) is 0.267. The first-order chi connectivity index (χ1) is 11.6. The van der Waals surface area contributed by atoms with Gasteiger partial charge in [-0.05, 0) is 19.3 Å². The number of aliphatic imine (C=N–C) groups is 1. The van der Waals surface area contributed by atoms with Gasteiger partial charge in [0.05, 0.1) is 6.10 Å². The fourth-order valence-electron chi connectivity index (χ4n) is 4.66. The molecule has 134 valence electrons. The lowest BCUT2D eigenvalue weighted by Crippen LogP contribution is -2.69. The van der Waals surface area contributed by atoms with E-state index in [1.807, 2.05) is 0 Å². The molecule has 0 bridgehead atoms. The highest BCUT2D eigenvalue weighted by atomic mass is 16.5. The van der Waals surface area contributed by atoms with Gasteiger partial charge in [-0.2, -0.15) is 0 Å². The number of carbonyl (C=O) groups is 1. The van der Waals surface area contributed by atoms with Crippen molar-refractivity contribution in [2.24, 2.45) is 16.3 Å². The summed E-state index contributed by atoms with van der Waals surface area (Å²) in [5, 5.41) is 6.89. The van der Waals surface area contributed by atoms with Crippen LogP contribution in [0.1, 0.15) is 32.1 Å². The van der Waals surface area contributed by atoms with E-state index in [0.29, 0.717) is 30.6 Å². The molecule has 1 amide bonds. The van der Waals surface area contributed by atoms with Crippen LogP contribution in [0.3, 0.4) is 0 Å². The Hall–Kier alpha value is -1.56. The third-order valence-corrected chi connectivity index (χ3v) is 5.86. The molecular weight excluding hydrogens is 304 g/mol. The maximum Gasteiger partial charge on any atom is 0.243 e. The summed E-state index contributed by atoms with van der Waals surface area (Å²) in [6.07, 6.45) is 8.39. The SMILES string of the molecule is C=CCNC(=NCC(=O)N(C)C)NC1C2CCOC2C12CCCC2. The Morgan fingerprint density at radius 1 is 1.42 bits per heavy atom. The van der Waals surface area contributed by atoms with Gasteiger partial charge in [-0.1, -0.05) is 18.9 Å². The predicted octanol–water partition coefficient (Wildman–Crippen LogP) is 1.14. The Bertz CT molecular complexity index is 511. The number of hydrogen-bond acceptors (Lipinski definition) is 3. The first-order valence-corrected chi connectivity index (χ1v) is 9.06. The molecule has 6 heteroatoms. The molecule has 1 saturated heterocycles. The second kappa shape index (κ2) is 7.13. The lowest BCUT2D eigenvalue weighted by atomic mass is 9.54. The topological polar surface area (TPSA) is 66.0 Å². The normalized spacial score (nSPS) is 30.6. The lowest BCUT2D eigenvalue weighted by Gasteiger charge is -2.57. The average molecular weight is 334 g/mol. The average Bonchev–Trinajstić information content (AvgIpc) is 3.22. The molecule has 0 aromatic heterocycles. The fraction of sp³-hybridized carbons (Fsp3) is 0.778. The summed E-state index contributed by atoms with van der Waals surface area (Å²) in [6, 6.07) is 0.401. The monoisotopic (exact) mass is 334 g/mol. The van der Waals surface area contributed by atoms with Crippen molar-refractivity contribution in [3.8, 4) is 0 Å². The maximum absolute atomic E-state index is 11.8. The van der Waals surface area contributed by atoms with Crippen LogP contribution in [-0.2, 0) is 9.53 Å². The molecule has 24 heavy (non-hydrogen) atoms. The van der Waals surface area contributed by atoms with Crippen LogP contribution in [0.15, 0.2) is 17.6 Å². The Morgan fingerprint density at radius 2 is 2.17 bits per heavy atom. The van der Waals surface area contributed by atoms with Crippen molar-refractivity contribution in [2.45, 2.75) is 44.2 Å². The number of amides is 1. The molecule has 3 fully saturated rings. The zero-order valence-electron chi connectivity index (χ0n) is 14.9. The van der Waals surface area contributed by atoms with E-state index in [1.165, 1.54) is 25.7 Å². The van der Waals surface area contributed by atoms with Crippen LogP contribution >= 0.6 is 0 Å². The molecule has 2 N–H and O–H groups in total. The minimum Gasteiger partial charge on any atom is -0.377 e. The predicted molar refractivity (Wildman–Crippen MR) is 94.9 cm³/mol. The molecule has 3 unspecified atom stereocenters. The van der Waals surface area contributed by atoms with Gasteiger partial charge in [0, 0.05) is 44.6 Å². The minimum absolute atomic E-state index is 0.000897. The third kappa shape index (κ3) is 3.04. The van der Waals surface area contributed by atoms with E-state index in [1.54, 1.807) is 25.1 Å². The quantitative estimate of drug-likeness (QED) is 0.450. The van der Waals surface area contributed by atoms with Crippen LogP contribution in [0, 0.1) is 11.3 Å². The van der Waals surface area contributed by atoms with Crippen molar-refractivity contribution in [1.29, 1.82) is 0 Å². The second-order valence-electron chi connectivity index (χ2n) is 7.43. The molecule has 1 heterocycles. The summed E-state index contributed by atoms with van der Waals surface area (Å²) >= 11 is 0. The Morgan fingerprint density at radius 3 is 2.83 bits per heavy atom. The lowest BCUT2D eigenvalue weighted by molar-refractivity contribution is -0.127. The first-order valence-electron chi connectivity index (χ1n) is 9.06. The summed E-state index contributed by atoms with van der Waals surface area (Å²) < 4.78 is 6.04. The molecule has 3 atom stereocenters. The molecule has 0 aromatic carbocycles. The third-order valence-electron chi connectivity index (χ3n) is 5.86. The van der Waals surface area contributed by atoms with E-state index >= 15 is 0 Å². The number of hydrogen-bond donors (Lipinski definition) is 2. The van der Waals surface area contributed by atoms with E-state index in [2.05, 4.69) is 22.2 Å². The van der Waals surface area contributed by atoms with E-state index in [4.69, 9.17) is 4.74 Å². The van der Waals surface area contributed by atoms with Gasteiger partial charge in [0.1, 0.15) is 6.54 Å². The molecule has 3 rings (SSSR count). The van der Waals surface area contributed by atoms with Crippen LogP contribution in [0.5, 0.6) is 0 Å². The molecular formula is C18H30N4O2. The fourth-order valence-corrected chi connectivity index (χ4v) is 4.66. The molecule has 2 saturated carbocycles. The second-order valence-corrected chi connectivity index (χ2v) is 7.43. The number of carbonyl (C=O) groups excluding carboxylic acids is 1. The van der Waals surface area contributed by atoms with Gasteiger partial charge in [0.15, 0.2) is 5.96 Å². The molecule has 0 aromatic rings. The molecule has 6 nitrogen and oxygen atoms in total. The minimum atomic E-state index is 0.000897. The molecule has 0 radical (unpaired) electrons. The molecule has 2 aliphatic carbocycles. The summed E-state index contributed by atoms with van der Waals surface area (Å²) in [4.78, 5) is 17.9. The van der Waals surface area contributed by atoms with Crippen molar-refractivity contribution >= 4 is 11.9 Å². The maximum atomic E-state index is 11.8. The van der Waals surface area contributed by atoms with Gasteiger partial charge in [-0.25, -0.2) is 4.99 Å². The van der Waals surface area contributed by atoms with Crippen molar-refractivity contribution in [3.63, 3.8) is 0 Å². The molecule has 3 aliphatic rings. The smallest absolute Gasteiger partial charge is 0.243 e. The van der Waals surface area contributed by atoms with Crippen LogP contribution < -0.4 is 10.6 Å². The number of nitrogens with one attached hydrogen (secondary N) is 2. The van der Waals surface area contributed by atoms with Gasteiger partial charge in [-0.3, -0.25) is 4.79 Å². The van der Waals surface area contributed by atoms with Gasteiger partial charge in [-0.15, -0.1) is 6.58 Å². The van der Waals surface area contributed by atoms with Crippen LogP contribution in [0.2, 0.25) is 0 Å². The van der Waals surface area contributed by atoms with Gasteiger partial charge in [0.2, 0.25) is 5.91 Å². The van der Waals surface area contributed by atoms with E-state index in [-0.39, 0.29) is 17.9 Å². The van der Waals surface area contributed by atoms with Crippen molar-refractivity contribution in [1.82, 2.24) is 15.5 Å². The van der Waals surface area contributed by atoms with Crippen molar-refractivity contribution in [2.75, 3.05) is 33.8 Å². The number of ether oxygens (including phenoxy) is 1. The van der Waals surface area contributed by atoms with Crippen molar-refractivity contribution in [3.05, 3.63) is 12.7 Å². The summed E-state index contributed by atoms with van der Waals surface area (Å²) in [5.74, 6) is 1.29. The highest BCUT2D eigenvalue weighted by Crippen LogP contribution is 2.60. The molecule has 1 spiro atoms. The number of likely N-dealkylation sites (N-methyl/N-ethyl adjacent to an activating group) is 1. The zero-order chi connectivity index (χ0) is 17.2. The van der Waals surface area contributed by atoms with Gasteiger partial charge in [0.25, 0.3) is 0 Å². The first kappa shape index (κ1) is 17.3. The Balaban J connectivity index is 1.70. The van der Waals surface area contributed by atoms with Crippen LogP contribution in [0.4, 0.5) is 0 Å². The zero-order valence-corrected chi connectivity index (χ0v) is 14.9. The van der Waals surface area contributed by atoms with E-state index in [9.17, 15) is 4.79 Å². The van der Waals surface area contributed by atoms with E-state index < -0.39 is 0 Å². The van der Waals surface area contributed by atoms with Crippen molar-refractivity contribution < 1.29 is 9.53 Å². The number of guanidine groups is 1. The Labute approximate surface area is 144 Å².